The Morgan fingerprint density at radius 2 is 1.93 bits per heavy atom. The molecule has 2 nitrogen and oxygen atoms in total. The van der Waals surface area contributed by atoms with E-state index in [1.807, 2.05) is 0 Å². The molecule has 0 aromatic heterocycles. The fourth-order valence-corrected chi connectivity index (χ4v) is 2.15. The molecule has 7 heteroatoms. The van der Waals surface area contributed by atoms with Gasteiger partial charge in [-0.2, -0.15) is 8.78 Å². The molecule has 0 aliphatic rings. The minimum Gasteiger partial charge on any atom is -0.460 e. The van der Waals surface area contributed by atoms with Gasteiger partial charge in [0, 0.05) is 0 Å². The van der Waals surface area contributed by atoms with Crippen molar-refractivity contribution in [1.82, 2.24) is 0 Å². The Labute approximate surface area is 101 Å². The number of hydrogen-bond donors (Lipinski definition) is 0. The molecule has 15 heavy (non-hydrogen) atoms. The number of hydrogen-bond acceptors (Lipinski definition) is 2. The molecule has 84 valence electrons. The molecule has 0 radical (unpaired) electrons. The Balaban J connectivity index is 3.04. The van der Waals surface area contributed by atoms with Crippen molar-refractivity contribution in [2.45, 2.75) is 6.61 Å². The fraction of sp³-hybridized carbons (Fsp3) is 0.250. The van der Waals surface area contributed by atoms with Gasteiger partial charge in [0.2, 0.25) is 6.86 Å². The lowest BCUT2D eigenvalue weighted by Crippen LogP contribution is -2.03. The maximum atomic E-state index is 12.0. The molecular weight excluding hydrogens is 345 g/mol. The summed E-state index contributed by atoms with van der Waals surface area (Å²) in [6, 6.07) is 2.74. The number of alkyl halides is 3. The maximum absolute atomic E-state index is 12.0. The van der Waals surface area contributed by atoms with E-state index in [1.54, 1.807) is 0 Å². The third kappa shape index (κ3) is 3.27. The van der Waals surface area contributed by atoms with E-state index in [9.17, 15) is 13.2 Å². The molecule has 0 atom stereocenters. The van der Waals surface area contributed by atoms with Crippen molar-refractivity contribution in [3.8, 4) is 11.5 Å². The molecule has 0 saturated heterocycles. The van der Waals surface area contributed by atoms with E-state index in [0.717, 1.165) is 0 Å². The second-order valence-corrected chi connectivity index (χ2v) is 3.97. The van der Waals surface area contributed by atoms with Gasteiger partial charge in [-0.1, -0.05) is 0 Å². The zero-order valence-electron chi connectivity index (χ0n) is 7.15. The zero-order chi connectivity index (χ0) is 11.4. The van der Waals surface area contributed by atoms with Crippen molar-refractivity contribution >= 4 is 31.9 Å². The lowest BCUT2D eigenvalue weighted by atomic mass is 10.3. The summed E-state index contributed by atoms with van der Waals surface area (Å²) in [5.74, 6) is -0.0349. The van der Waals surface area contributed by atoms with Gasteiger partial charge in [-0.3, -0.25) is 0 Å². The average Bonchev–Trinajstić information content (AvgIpc) is 2.16. The SMILES string of the molecule is FCOc1c(Br)ccc(OC(F)F)c1Br. The lowest BCUT2D eigenvalue weighted by molar-refractivity contribution is -0.0505. The van der Waals surface area contributed by atoms with Gasteiger partial charge in [-0.15, -0.1) is 0 Å². The topological polar surface area (TPSA) is 18.5 Å². The van der Waals surface area contributed by atoms with E-state index in [2.05, 4.69) is 41.3 Å². The van der Waals surface area contributed by atoms with Crippen LogP contribution in [0.2, 0.25) is 0 Å². The first-order chi connectivity index (χ1) is 7.06. The van der Waals surface area contributed by atoms with Gasteiger partial charge in [0.05, 0.1) is 4.47 Å². The van der Waals surface area contributed by atoms with Crippen LogP contribution in [0.4, 0.5) is 13.2 Å². The van der Waals surface area contributed by atoms with Crippen LogP contribution >= 0.6 is 31.9 Å². The molecule has 0 bridgehead atoms. The van der Waals surface area contributed by atoms with Gasteiger partial charge >= 0.3 is 6.61 Å². The number of ether oxygens (including phenoxy) is 2. The molecule has 1 aromatic carbocycles. The summed E-state index contributed by atoms with van der Waals surface area (Å²) in [6.07, 6.45) is 0. The molecule has 0 N–H and O–H groups in total. The van der Waals surface area contributed by atoms with Gasteiger partial charge in [0.15, 0.2) is 5.75 Å². The summed E-state index contributed by atoms with van der Waals surface area (Å²) in [5, 5.41) is 0. The smallest absolute Gasteiger partial charge is 0.387 e. The highest BCUT2D eigenvalue weighted by molar-refractivity contribution is 9.11. The molecule has 1 aromatic rings. The number of halogens is 5. The first kappa shape index (κ1) is 12.6. The van der Waals surface area contributed by atoms with Crippen molar-refractivity contribution in [2.24, 2.45) is 0 Å². The Kier molecular flexibility index (Phi) is 4.72. The Morgan fingerprint density at radius 3 is 2.47 bits per heavy atom. The largest absolute Gasteiger partial charge is 0.460 e. The van der Waals surface area contributed by atoms with Crippen LogP contribution in [0.25, 0.3) is 0 Å². The minimum atomic E-state index is -2.94. The van der Waals surface area contributed by atoms with E-state index in [-0.39, 0.29) is 16.0 Å². The minimum absolute atomic E-state index is 0.0793. The quantitative estimate of drug-likeness (QED) is 0.814. The van der Waals surface area contributed by atoms with E-state index >= 15 is 0 Å². The highest BCUT2D eigenvalue weighted by atomic mass is 79.9. The van der Waals surface area contributed by atoms with Gasteiger partial charge in [0.25, 0.3) is 0 Å². The van der Waals surface area contributed by atoms with Crippen LogP contribution in [0.3, 0.4) is 0 Å². The van der Waals surface area contributed by atoms with E-state index in [1.165, 1.54) is 12.1 Å². The fourth-order valence-electron chi connectivity index (χ4n) is 0.888. The molecule has 0 aliphatic heterocycles. The predicted molar refractivity (Wildman–Crippen MR) is 55.1 cm³/mol. The van der Waals surface area contributed by atoms with Crippen molar-refractivity contribution in [3.63, 3.8) is 0 Å². The van der Waals surface area contributed by atoms with Crippen LogP contribution < -0.4 is 9.47 Å². The van der Waals surface area contributed by atoms with E-state index < -0.39 is 13.5 Å². The molecule has 0 heterocycles. The summed E-state index contributed by atoms with van der Waals surface area (Å²) in [6.45, 7) is -4.00. The van der Waals surface area contributed by atoms with Gasteiger partial charge < -0.3 is 9.47 Å². The van der Waals surface area contributed by atoms with Crippen LogP contribution in [0.1, 0.15) is 0 Å². The second-order valence-electron chi connectivity index (χ2n) is 2.32. The van der Waals surface area contributed by atoms with Gasteiger partial charge in [0.1, 0.15) is 10.2 Å². The van der Waals surface area contributed by atoms with Gasteiger partial charge in [-0.25, -0.2) is 4.39 Å². The summed E-state index contributed by atoms with van der Waals surface area (Å²) in [5.41, 5.74) is 0. The number of benzene rings is 1. The molecule has 0 unspecified atom stereocenters. The van der Waals surface area contributed by atoms with Crippen molar-refractivity contribution in [3.05, 3.63) is 21.1 Å². The summed E-state index contributed by atoms with van der Waals surface area (Å²) < 4.78 is 45.2. The zero-order valence-corrected chi connectivity index (χ0v) is 10.3. The van der Waals surface area contributed by atoms with E-state index in [0.29, 0.717) is 4.47 Å². The Bertz CT molecular complexity index is 347. The number of rotatable bonds is 4. The van der Waals surface area contributed by atoms with E-state index in [4.69, 9.17) is 0 Å². The first-order valence-corrected chi connectivity index (χ1v) is 5.26. The predicted octanol–water partition coefficient (Wildman–Crippen LogP) is 4.12. The van der Waals surface area contributed by atoms with Crippen molar-refractivity contribution in [2.75, 3.05) is 6.86 Å². The summed E-state index contributed by atoms with van der Waals surface area (Å²) >= 11 is 6.07. The lowest BCUT2D eigenvalue weighted by Gasteiger charge is -2.11. The average molecular weight is 350 g/mol. The van der Waals surface area contributed by atoms with Crippen LogP contribution in [0.5, 0.6) is 11.5 Å². The highest BCUT2D eigenvalue weighted by Crippen LogP contribution is 2.40. The Hall–Kier alpha value is -0.430. The molecule has 0 saturated carbocycles. The third-order valence-corrected chi connectivity index (χ3v) is 2.80. The molecule has 0 amide bonds. The standard InChI is InChI=1S/C8H5Br2F3O2/c9-4-1-2-5(15-8(12)13)6(10)7(4)14-3-11/h1-2,8H,3H2. The molecule has 0 spiro atoms. The molecular formula is C8H5Br2F3O2. The summed E-state index contributed by atoms with van der Waals surface area (Å²) in [4.78, 5) is 0. The Morgan fingerprint density at radius 1 is 1.27 bits per heavy atom. The third-order valence-electron chi connectivity index (χ3n) is 1.43. The second kappa shape index (κ2) is 5.60. The van der Waals surface area contributed by atoms with Crippen LogP contribution in [0, 0.1) is 0 Å². The molecule has 1 rings (SSSR count). The van der Waals surface area contributed by atoms with Gasteiger partial charge in [-0.05, 0) is 44.0 Å². The van der Waals surface area contributed by atoms with Crippen molar-refractivity contribution in [1.29, 1.82) is 0 Å². The molecule has 0 aliphatic carbocycles. The van der Waals surface area contributed by atoms with Crippen LogP contribution in [-0.4, -0.2) is 13.5 Å². The monoisotopic (exact) mass is 348 g/mol. The first-order valence-electron chi connectivity index (χ1n) is 3.67. The molecule has 0 fully saturated rings. The van der Waals surface area contributed by atoms with Crippen molar-refractivity contribution < 1.29 is 22.6 Å². The normalized spacial score (nSPS) is 10.5. The summed E-state index contributed by atoms with van der Waals surface area (Å²) in [7, 11) is 0. The van der Waals surface area contributed by atoms with Crippen LogP contribution in [0.15, 0.2) is 21.1 Å². The van der Waals surface area contributed by atoms with Crippen LogP contribution in [-0.2, 0) is 0 Å². The highest BCUT2D eigenvalue weighted by Gasteiger charge is 2.15. The maximum Gasteiger partial charge on any atom is 0.387 e.